The highest BCUT2D eigenvalue weighted by Crippen LogP contribution is 2.20. The van der Waals surface area contributed by atoms with Crippen LogP contribution in [0.2, 0.25) is 0 Å². The molecule has 1 aromatic heterocycles. The summed E-state index contributed by atoms with van der Waals surface area (Å²) in [6.45, 7) is 4.53. The summed E-state index contributed by atoms with van der Waals surface area (Å²) < 4.78 is 5.45. The smallest absolute Gasteiger partial charge is 0.339 e. The average molecular weight is 355 g/mol. The van der Waals surface area contributed by atoms with Crippen molar-refractivity contribution in [1.82, 2.24) is 9.88 Å². The van der Waals surface area contributed by atoms with Crippen LogP contribution < -0.4 is 9.64 Å². The van der Waals surface area contributed by atoms with Gasteiger partial charge in [-0.05, 0) is 37.3 Å². The van der Waals surface area contributed by atoms with Gasteiger partial charge in [0, 0.05) is 37.9 Å². The second-order valence-electron chi connectivity index (χ2n) is 5.92. The van der Waals surface area contributed by atoms with Gasteiger partial charge in [-0.2, -0.15) is 0 Å². The van der Waals surface area contributed by atoms with Crippen molar-refractivity contribution in [2.45, 2.75) is 6.92 Å². The summed E-state index contributed by atoms with van der Waals surface area (Å²) in [6.07, 6.45) is 1.58. The van der Waals surface area contributed by atoms with Crippen LogP contribution in [0.1, 0.15) is 27.6 Å². The van der Waals surface area contributed by atoms with E-state index in [9.17, 15) is 14.7 Å². The lowest BCUT2D eigenvalue weighted by molar-refractivity contribution is 0.0692. The zero-order valence-electron chi connectivity index (χ0n) is 14.6. The minimum absolute atomic E-state index is 0.0503. The number of hydrogen-bond acceptors (Lipinski definition) is 5. The molecule has 0 aliphatic carbocycles. The van der Waals surface area contributed by atoms with Crippen LogP contribution in [0.5, 0.6) is 5.75 Å². The van der Waals surface area contributed by atoms with Gasteiger partial charge in [-0.15, -0.1) is 0 Å². The molecule has 1 N–H and O–H groups in total. The molecule has 26 heavy (non-hydrogen) atoms. The quantitative estimate of drug-likeness (QED) is 0.885. The summed E-state index contributed by atoms with van der Waals surface area (Å²) in [5, 5.41) is 9.31. The highest BCUT2D eigenvalue weighted by Gasteiger charge is 2.25. The molecule has 3 rings (SSSR count). The minimum Gasteiger partial charge on any atom is -0.494 e. The van der Waals surface area contributed by atoms with Gasteiger partial charge in [0.1, 0.15) is 17.1 Å². The number of amides is 1. The van der Waals surface area contributed by atoms with Crippen molar-refractivity contribution in [3.8, 4) is 5.75 Å². The zero-order valence-corrected chi connectivity index (χ0v) is 14.6. The van der Waals surface area contributed by atoms with Crippen molar-refractivity contribution in [2.24, 2.45) is 0 Å². The molecule has 1 saturated heterocycles. The van der Waals surface area contributed by atoms with Crippen LogP contribution in [0.3, 0.4) is 0 Å². The molecule has 0 spiro atoms. The number of piperazine rings is 1. The average Bonchev–Trinajstić information content (AvgIpc) is 2.68. The number of hydrogen-bond donors (Lipinski definition) is 1. The molecular weight excluding hydrogens is 334 g/mol. The Morgan fingerprint density at radius 2 is 1.92 bits per heavy atom. The van der Waals surface area contributed by atoms with E-state index in [2.05, 4.69) is 4.98 Å². The number of rotatable bonds is 5. The molecule has 1 aliphatic rings. The molecule has 2 heterocycles. The molecule has 0 atom stereocenters. The maximum Gasteiger partial charge on any atom is 0.339 e. The first-order valence-corrected chi connectivity index (χ1v) is 8.55. The van der Waals surface area contributed by atoms with Gasteiger partial charge >= 0.3 is 5.97 Å². The van der Waals surface area contributed by atoms with E-state index in [1.54, 1.807) is 35.4 Å². The van der Waals surface area contributed by atoms with Crippen molar-refractivity contribution < 1.29 is 19.4 Å². The van der Waals surface area contributed by atoms with Gasteiger partial charge in [0.05, 0.1) is 6.61 Å². The van der Waals surface area contributed by atoms with Gasteiger partial charge in [0.15, 0.2) is 0 Å². The van der Waals surface area contributed by atoms with Crippen LogP contribution in [-0.2, 0) is 0 Å². The number of anilines is 1. The number of ether oxygens (including phenoxy) is 1. The first-order chi connectivity index (χ1) is 12.6. The van der Waals surface area contributed by atoms with Crippen LogP contribution in [0.15, 0.2) is 42.6 Å². The number of carboxylic acid groups (broad SMARTS) is 1. The Bertz CT molecular complexity index is 801. The molecule has 7 heteroatoms. The van der Waals surface area contributed by atoms with Gasteiger partial charge in [0.25, 0.3) is 5.91 Å². The lowest BCUT2D eigenvalue weighted by Crippen LogP contribution is -2.49. The standard InChI is InChI=1S/C19H21N3O4/c1-2-26-15-6-3-5-14(13-15)18(23)22-11-9-21(10-12-22)17-16(19(24)25)7-4-8-20-17/h3-8,13H,2,9-12H2,1H3,(H,24,25). The van der Waals surface area contributed by atoms with Crippen LogP contribution >= 0.6 is 0 Å². The topological polar surface area (TPSA) is 83.0 Å². The summed E-state index contributed by atoms with van der Waals surface area (Å²) in [5.74, 6) is 0.0760. The highest BCUT2D eigenvalue weighted by atomic mass is 16.5. The van der Waals surface area contributed by atoms with Crippen LogP contribution in [-0.4, -0.2) is 59.7 Å². The van der Waals surface area contributed by atoms with Crippen molar-refractivity contribution in [3.05, 3.63) is 53.7 Å². The third-order valence-electron chi connectivity index (χ3n) is 4.28. The van der Waals surface area contributed by atoms with E-state index >= 15 is 0 Å². The van der Waals surface area contributed by atoms with Crippen LogP contribution in [0.4, 0.5) is 5.82 Å². The SMILES string of the molecule is CCOc1cccc(C(=O)N2CCN(c3ncccc3C(=O)O)CC2)c1. The zero-order chi connectivity index (χ0) is 18.5. The van der Waals surface area contributed by atoms with Crippen molar-refractivity contribution >= 4 is 17.7 Å². The minimum atomic E-state index is -1.00. The van der Waals surface area contributed by atoms with E-state index in [0.29, 0.717) is 49.9 Å². The molecule has 7 nitrogen and oxygen atoms in total. The van der Waals surface area contributed by atoms with E-state index in [1.165, 1.54) is 0 Å². The first-order valence-electron chi connectivity index (χ1n) is 8.55. The predicted octanol–water partition coefficient (Wildman–Crippen LogP) is 2.14. The maximum atomic E-state index is 12.7. The molecule has 136 valence electrons. The Kier molecular flexibility index (Phi) is 5.36. The number of nitrogens with zero attached hydrogens (tertiary/aromatic N) is 3. The Morgan fingerprint density at radius 3 is 2.62 bits per heavy atom. The highest BCUT2D eigenvalue weighted by molar-refractivity contribution is 5.95. The molecule has 0 saturated carbocycles. The summed E-state index contributed by atoms with van der Waals surface area (Å²) >= 11 is 0. The normalized spacial score (nSPS) is 14.2. The fourth-order valence-corrected chi connectivity index (χ4v) is 3.01. The number of carbonyl (C=O) groups is 2. The molecular formula is C19H21N3O4. The third-order valence-corrected chi connectivity index (χ3v) is 4.28. The van der Waals surface area contributed by atoms with Crippen molar-refractivity contribution in [1.29, 1.82) is 0 Å². The van der Waals surface area contributed by atoms with E-state index in [4.69, 9.17) is 4.74 Å². The third kappa shape index (κ3) is 3.77. The molecule has 1 aromatic carbocycles. The summed E-state index contributed by atoms with van der Waals surface area (Å²) in [4.78, 5) is 32.0. The monoisotopic (exact) mass is 355 g/mol. The van der Waals surface area contributed by atoms with Crippen molar-refractivity contribution in [2.75, 3.05) is 37.7 Å². The van der Waals surface area contributed by atoms with E-state index in [1.807, 2.05) is 24.0 Å². The number of aromatic nitrogens is 1. The molecule has 0 radical (unpaired) electrons. The molecule has 1 fully saturated rings. The predicted molar refractivity (Wildman–Crippen MR) is 96.9 cm³/mol. The fourth-order valence-electron chi connectivity index (χ4n) is 3.01. The van der Waals surface area contributed by atoms with Gasteiger partial charge in [-0.1, -0.05) is 6.07 Å². The van der Waals surface area contributed by atoms with Crippen molar-refractivity contribution in [3.63, 3.8) is 0 Å². The molecule has 1 aliphatic heterocycles. The van der Waals surface area contributed by atoms with Gasteiger partial charge in [0.2, 0.25) is 0 Å². The molecule has 2 aromatic rings. The van der Waals surface area contributed by atoms with E-state index in [0.717, 1.165) is 0 Å². The fraction of sp³-hybridized carbons (Fsp3) is 0.316. The molecule has 0 bridgehead atoms. The maximum absolute atomic E-state index is 12.7. The lowest BCUT2D eigenvalue weighted by atomic mass is 10.1. The Balaban J connectivity index is 1.68. The first kappa shape index (κ1) is 17.7. The Morgan fingerprint density at radius 1 is 1.15 bits per heavy atom. The Hall–Kier alpha value is -3.09. The van der Waals surface area contributed by atoms with Crippen LogP contribution in [0, 0.1) is 0 Å². The molecule has 0 unspecified atom stereocenters. The number of carbonyl (C=O) groups excluding carboxylic acids is 1. The lowest BCUT2D eigenvalue weighted by Gasteiger charge is -2.36. The second-order valence-corrected chi connectivity index (χ2v) is 5.92. The summed E-state index contributed by atoms with van der Waals surface area (Å²) in [7, 11) is 0. The summed E-state index contributed by atoms with van der Waals surface area (Å²) in [6, 6.07) is 10.3. The second kappa shape index (κ2) is 7.86. The largest absolute Gasteiger partial charge is 0.494 e. The number of aromatic carboxylic acids is 1. The number of carboxylic acids is 1. The number of benzene rings is 1. The van der Waals surface area contributed by atoms with Gasteiger partial charge in [-0.3, -0.25) is 4.79 Å². The van der Waals surface area contributed by atoms with Gasteiger partial charge in [-0.25, -0.2) is 9.78 Å². The molecule has 1 amide bonds. The van der Waals surface area contributed by atoms with Gasteiger partial charge < -0.3 is 19.6 Å². The van der Waals surface area contributed by atoms with E-state index in [-0.39, 0.29) is 11.5 Å². The van der Waals surface area contributed by atoms with E-state index < -0.39 is 5.97 Å². The Labute approximate surface area is 151 Å². The summed E-state index contributed by atoms with van der Waals surface area (Å²) in [5.41, 5.74) is 0.769. The number of pyridine rings is 1. The van der Waals surface area contributed by atoms with Crippen LogP contribution in [0.25, 0.3) is 0 Å².